The maximum Gasteiger partial charge on any atom is 0.259 e. The van der Waals surface area contributed by atoms with Crippen LogP contribution in [0.15, 0.2) is 36.5 Å². The molecule has 1 aromatic heterocycles. The molecule has 2 aromatic rings. The number of carbonyl (C=O) groups excluding carboxylic acids is 2. The van der Waals surface area contributed by atoms with Crippen molar-refractivity contribution in [3.63, 3.8) is 0 Å². The van der Waals surface area contributed by atoms with E-state index < -0.39 is 0 Å². The lowest BCUT2D eigenvalue weighted by molar-refractivity contribution is -0.120. The molecule has 7 nitrogen and oxygen atoms in total. The second kappa shape index (κ2) is 8.26. The predicted molar refractivity (Wildman–Crippen MR) is 105 cm³/mol. The van der Waals surface area contributed by atoms with Crippen LogP contribution in [0.25, 0.3) is 0 Å². The highest BCUT2D eigenvalue weighted by atomic mass is 35.5. The monoisotopic (exact) mass is 388 g/mol. The average molecular weight is 389 g/mol. The zero-order chi connectivity index (χ0) is 19.4. The van der Waals surface area contributed by atoms with Crippen LogP contribution in [0.5, 0.6) is 5.75 Å². The van der Waals surface area contributed by atoms with Crippen LogP contribution in [0.1, 0.15) is 24.2 Å². The highest BCUT2D eigenvalue weighted by Crippen LogP contribution is 2.25. The molecule has 2 N–H and O–H groups in total. The van der Waals surface area contributed by atoms with E-state index in [2.05, 4.69) is 15.6 Å². The van der Waals surface area contributed by atoms with E-state index in [1.54, 1.807) is 36.5 Å². The molecule has 0 unspecified atom stereocenters. The van der Waals surface area contributed by atoms with Crippen molar-refractivity contribution >= 4 is 34.9 Å². The fourth-order valence-corrected chi connectivity index (χ4v) is 2.89. The number of carbonyl (C=O) groups is 2. The van der Waals surface area contributed by atoms with Crippen LogP contribution in [0.4, 0.5) is 11.5 Å². The van der Waals surface area contributed by atoms with Crippen LogP contribution in [0.3, 0.4) is 0 Å². The van der Waals surface area contributed by atoms with Crippen molar-refractivity contribution in [2.75, 3.05) is 29.9 Å². The molecule has 1 saturated heterocycles. The Kier molecular flexibility index (Phi) is 5.81. The first-order valence-corrected chi connectivity index (χ1v) is 9.05. The number of halogens is 1. The lowest BCUT2D eigenvalue weighted by Gasteiger charge is -2.27. The standard InChI is InChI=1S/C19H21ClN4O3/c1-12(2)27-16-5-3-13(20)9-15(16)19(26)23-14-4-6-17(22-10-14)24-8-7-21-18(25)11-24/h3-6,9-10,12H,7-8,11H2,1-2H3,(H,21,25)(H,23,26). The van der Waals surface area contributed by atoms with Gasteiger partial charge in [-0.05, 0) is 44.2 Å². The largest absolute Gasteiger partial charge is 0.490 e. The summed E-state index contributed by atoms with van der Waals surface area (Å²) < 4.78 is 5.69. The molecule has 27 heavy (non-hydrogen) atoms. The number of rotatable bonds is 5. The summed E-state index contributed by atoms with van der Waals surface area (Å²) in [6, 6.07) is 8.46. The van der Waals surface area contributed by atoms with Crippen LogP contribution < -0.4 is 20.3 Å². The van der Waals surface area contributed by atoms with Gasteiger partial charge in [0.2, 0.25) is 5.91 Å². The number of benzene rings is 1. The summed E-state index contributed by atoms with van der Waals surface area (Å²) in [5.74, 6) is 0.796. The normalized spacial score (nSPS) is 14.1. The Bertz CT molecular complexity index is 839. The minimum atomic E-state index is -0.333. The van der Waals surface area contributed by atoms with Crippen molar-refractivity contribution in [3.05, 3.63) is 47.1 Å². The van der Waals surface area contributed by atoms with Crippen molar-refractivity contribution < 1.29 is 14.3 Å². The van der Waals surface area contributed by atoms with E-state index in [0.717, 1.165) is 0 Å². The van der Waals surface area contributed by atoms with E-state index in [4.69, 9.17) is 16.3 Å². The van der Waals surface area contributed by atoms with Crippen molar-refractivity contribution in [2.45, 2.75) is 20.0 Å². The van der Waals surface area contributed by atoms with Crippen LogP contribution >= 0.6 is 11.6 Å². The lowest BCUT2D eigenvalue weighted by atomic mass is 10.2. The van der Waals surface area contributed by atoms with Crippen LogP contribution in [0.2, 0.25) is 5.02 Å². The Morgan fingerprint density at radius 1 is 1.33 bits per heavy atom. The second-order valence-electron chi connectivity index (χ2n) is 6.44. The number of pyridine rings is 1. The topological polar surface area (TPSA) is 83.6 Å². The summed E-state index contributed by atoms with van der Waals surface area (Å²) in [6.07, 6.45) is 1.49. The summed E-state index contributed by atoms with van der Waals surface area (Å²) >= 11 is 6.03. The Morgan fingerprint density at radius 2 is 2.15 bits per heavy atom. The molecule has 1 aliphatic heterocycles. The minimum Gasteiger partial charge on any atom is -0.490 e. The number of hydrogen-bond donors (Lipinski definition) is 2. The highest BCUT2D eigenvalue weighted by molar-refractivity contribution is 6.31. The highest BCUT2D eigenvalue weighted by Gasteiger charge is 2.18. The van der Waals surface area contributed by atoms with E-state index in [1.165, 1.54) is 0 Å². The van der Waals surface area contributed by atoms with Gasteiger partial charge in [-0.25, -0.2) is 4.98 Å². The minimum absolute atomic E-state index is 0.0286. The summed E-state index contributed by atoms with van der Waals surface area (Å²) in [5, 5.41) is 6.02. The van der Waals surface area contributed by atoms with Crippen molar-refractivity contribution in [2.24, 2.45) is 0 Å². The molecule has 3 rings (SSSR count). The maximum atomic E-state index is 12.7. The molecule has 0 aliphatic carbocycles. The molecular formula is C19H21ClN4O3. The van der Waals surface area contributed by atoms with E-state index in [9.17, 15) is 9.59 Å². The van der Waals surface area contributed by atoms with Gasteiger partial charge >= 0.3 is 0 Å². The zero-order valence-electron chi connectivity index (χ0n) is 15.2. The fraction of sp³-hybridized carbons (Fsp3) is 0.316. The van der Waals surface area contributed by atoms with Crippen LogP contribution in [-0.4, -0.2) is 42.5 Å². The third kappa shape index (κ3) is 4.89. The molecule has 2 amide bonds. The first-order valence-electron chi connectivity index (χ1n) is 8.67. The van der Waals surface area contributed by atoms with Crippen molar-refractivity contribution in [1.82, 2.24) is 10.3 Å². The summed E-state index contributed by atoms with van der Waals surface area (Å²) in [6.45, 7) is 5.34. The molecule has 0 atom stereocenters. The second-order valence-corrected chi connectivity index (χ2v) is 6.87. The smallest absolute Gasteiger partial charge is 0.259 e. The number of nitrogens with one attached hydrogen (secondary N) is 2. The van der Waals surface area contributed by atoms with Gasteiger partial charge in [-0.3, -0.25) is 9.59 Å². The van der Waals surface area contributed by atoms with Crippen molar-refractivity contribution in [3.8, 4) is 5.75 Å². The number of nitrogens with zero attached hydrogens (tertiary/aromatic N) is 2. The van der Waals surface area contributed by atoms with Gasteiger partial charge in [0.15, 0.2) is 0 Å². The Morgan fingerprint density at radius 3 is 2.81 bits per heavy atom. The molecule has 1 aliphatic rings. The van der Waals surface area contributed by atoms with E-state index in [-0.39, 0.29) is 24.5 Å². The molecule has 2 heterocycles. The van der Waals surface area contributed by atoms with Gasteiger partial charge in [0.05, 0.1) is 30.1 Å². The molecule has 0 bridgehead atoms. The Balaban J connectivity index is 1.73. The summed E-state index contributed by atoms with van der Waals surface area (Å²) in [4.78, 5) is 30.4. The first kappa shape index (κ1) is 19.0. The van der Waals surface area contributed by atoms with Gasteiger partial charge in [0.1, 0.15) is 11.6 Å². The summed E-state index contributed by atoms with van der Waals surface area (Å²) in [7, 11) is 0. The number of amides is 2. The molecular weight excluding hydrogens is 368 g/mol. The van der Waals surface area contributed by atoms with E-state index in [0.29, 0.717) is 40.9 Å². The van der Waals surface area contributed by atoms with Crippen molar-refractivity contribution in [1.29, 1.82) is 0 Å². The van der Waals surface area contributed by atoms with E-state index in [1.807, 2.05) is 18.7 Å². The maximum absolute atomic E-state index is 12.7. The van der Waals surface area contributed by atoms with Gasteiger partial charge in [0, 0.05) is 18.1 Å². The van der Waals surface area contributed by atoms with Gasteiger partial charge < -0.3 is 20.3 Å². The number of hydrogen-bond acceptors (Lipinski definition) is 5. The predicted octanol–water partition coefficient (Wildman–Crippen LogP) is 2.71. The third-order valence-electron chi connectivity index (χ3n) is 3.92. The molecule has 0 spiro atoms. The average Bonchev–Trinajstić information content (AvgIpc) is 2.63. The molecule has 8 heteroatoms. The molecule has 1 aromatic carbocycles. The SMILES string of the molecule is CC(C)Oc1ccc(Cl)cc1C(=O)Nc1ccc(N2CCNC(=O)C2)nc1. The fourth-order valence-electron chi connectivity index (χ4n) is 2.72. The summed E-state index contributed by atoms with van der Waals surface area (Å²) in [5.41, 5.74) is 0.897. The molecule has 0 saturated carbocycles. The molecule has 0 radical (unpaired) electrons. The van der Waals surface area contributed by atoms with Gasteiger partial charge in [0.25, 0.3) is 5.91 Å². The van der Waals surface area contributed by atoms with Crippen LogP contribution in [-0.2, 0) is 4.79 Å². The number of ether oxygens (including phenoxy) is 1. The number of anilines is 2. The first-order chi connectivity index (χ1) is 12.9. The molecule has 1 fully saturated rings. The molecule has 142 valence electrons. The number of piperazine rings is 1. The lowest BCUT2D eigenvalue weighted by Crippen LogP contribution is -2.48. The Labute approximate surface area is 162 Å². The van der Waals surface area contributed by atoms with Gasteiger partial charge in [-0.1, -0.05) is 11.6 Å². The van der Waals surface area contributed by atoms with Crippen LogP contribution in [0, 0.1) is 0 Å². The Hall–Kier alpha value is -2.80. The zero-order valence-corrected chi connectivity index (χ0v) is 15.9. The third-order valence-corrected chi connectivity index (χ3v) is 4.15. The quantitative estimate of drug-likeness (QED) is 0.822. The van der Waals surface area contributed by atoms with E-state index >= 15 is 0 Å². The van der Waals surface area contributed by atoms with Gasteiger partial charge in [-0.2, -0.15) is 0 Å². The number of aromatic nitrogens is 1. The van der Waals surface area contributed by atoms with Gasteiger partial charge in [-0.15, -0.1) is 0 Å².